The first-order valence-corrected chi connectivity index (χ1v) is 7.03. The summed E-state index contributed by atoms with van der Waals surface area (Å²) in [5.41, 5.74) is 6.75. The zero-order valence-electron chi connectivity index (χ0n) is 10.4. The highest BCUT2D eigenvalue weighted by molar-refractivity contribution is 7.98. The van der Waals surface area contributed by atoms with Gasteiger partial charge in [0.1, 0.15) is 0 Å². The monoisotopic (exact) mass is 263 g/mol. The van der Waals surface area contributed by atoms with Gasteiger partial charge in [-0.15, -0.1) is 11.8 Å². The van der Waals surface area contributed by atoms with E-state index in [1.165, 1.54) is 4.90 Å². The van der Waals surface area contributed by atoms with Crippen LogP contribution >= 0.6 is 11.8 Å². The zero-order chi connectivity index (χ0) is 12.8. The van der Waals surface area contributed by atoms with Crippen molar-refractivity contribution >= 4 is 11.8 Å². The molecule has 2 aromatic rings. The van der Waals surface area contributed by atoms with Crippen LogP contribution in [-0.4, -0.2) is 10.1 Å². The van der Waals surface area contributed by atoms with Crippen molar-refractivity contribution in [2.24, 2.45) is 5.73 Å². The molecule has 0 saturated heterocycles. The van der Waals surface area contributed by atoms with Crippen LogP contribution in [0.2, 0.25) is 0 Å². The molecular formula is C13H17N3OS. The maximum Gasteiger partial charge on any atom is 0.237 e. The van der Waals surface area contributed by atoms with Crippen LogP contribution in [0.5, 0.6) is 0 Å². The smallest absolute Gasteiger partial charge is 0.237 e. The lowest BCUT2D eigenvalue weighted by Gasteiger charge is -2.01. The van der Waals surface area contributed by atoms with Gasteiger partial charge < -0.3 is 10.3 Å². The van der Waals surface area contributed by atoms with Crippen LogP contribution in [0.3, 0.4) is 0 Å². The van der Waals surface area contributed by atoms with E-state index in [1.54, 1.807) is 11.8 Å². The van der Waals surface area contributed by atoms with Crippen LogP contribution in [0.15, 0.2) is 33.7 Å². The molecule has 5 heteroatoms. The van der Waals surface area contributed by atoms with Gasteiger partial charge in [0.2, 0.25) is 5.89 Å². The molecule has 0 radical (unpaired) electrons. The predicted molar refractivity (Wildman–Crippen MR) is 72.2 cm³/mol. The summed E-state index contributed by atoms with van der Waals surface area (Å²) >= 11 is 1.68. The third-order valence-corrected chi connectivity index (χ3v) is 3.46. The van der Waals surface area contributed by atoms with Gasteiger partial charge in [0.05, 0.1) is 5.75 Å². The van der Waals surface area contributed by atoms with Crippen molar-refractivity contribution in [3.05, 3.63) is 41.5 Å². The molecule has 0 aliphatic carbocycles. The number of nitrogens with two attached hydrogens (primary N) is 1. The summed E-state index contributed by atoms with van der Waals surface area (Å²) in [6, 6.07) is 8.19. The van der Waals surface area contributed by atoms with Crippen LogP contribution in [0.1, 0.15) is 30.6 Å². The lowest BCUT2D eigenvalue weighted by atomic mass is 10.2. The Labute approximate surface area is 111 Å². The molecule has 0 aliphatic rings. The van der Waals surface area contributed by atoms with E-state index in [1.807, 2.05) is 12.1 Å². The second-order valence-electron chi connectivity index (χ2n) is 3.99. The Balaban J connectivity index is 1.93. The number of rotatable bonds is 6. The molecule has 2 N–H and O–H groups in total. The minimum atomic E-state index is 0.565. The molecule has 0 spiro atoms. The number of hydrogen-bond acceptors (Lipinski definition) is 5. The minimum Gasteiger partial charge on any atom is -0.338 e. The number of nitrogens with zero attached hydrogens (tertiary/aromatic N) is 2. The lowest BCUT2D eigenvalue weighted by Crippen LogP contribution is -1.95. The molecule has 96 valence electrons. The van der Waals surface area contributed by atoms with Crippen molar-refractivity contribution in [1.82, 2.24) is 10.1 Å². The molecular weight excluding hydrogens is 246 g/mol. The largest absolute Gasteiger partial charge is 0.338 e. The van der Waals surface area contributed by atoms with E-state index in [0.29, 0.717) is 18.2 Å². The van der Waals surface area contributed by atoms with Crippen molar-refractivity contribution < 1.29 is 4.52 Å². The number of aryl methyl sites for hydroxylation is 1. The Morgan fingerprint density at radius 2 is 2.28 bits per heavy atom. The number of aromatic nitrogens is 2. The number of thioether (sulfide) groups is 1. The maximum atomic E-state index is 5.61. The Morgan fingerprint density at radius 3 is 3.06 bits per heavy atom. The first-order chi connectivity index (χ1) is 8.81. The molecule has 18 heavy (non-hydrogen) atoms. The second-order valence-corrected chi connectivity index (χ2v) is 5.04. The Morgan fingerprint density at radius 1 is 1.39 bits per heavy atom. The van der Waals surface area contributed by atoms with Crippen molar-refractivity contribution in [3.8, 4) is 0 Å². The van der Waals surface area contributed by atoms with Gasteiger partial charge in [0.15, 0.2) is 5.82 Å². The fourth-order valence-electron chi connectivity index (χ4n) is 1.58. The fraction of sp³-hybridized carbons (Fsp3) is 0.385. The van der Waals surface area contributed by atoms with E-state index in [9.17, 15) is 0 Å². The van der Waals surface area contributed by atoms with Gasteiger partial charge in [-0.1, -0.05) is 24.2 Å². The van der Waals surface area contributed by atoms with Crippen LogP contribution in [0, 0.1) is 0 Å². The van der Waals surface area contributed by atoms with Gasteiger partial charge in [0, 0.05) is 17.9 Å². The van der Waals surface area contributed by atoms with E-state index in [2.05, 4.69) is 29.2 Å². The number of benzene rings is 1. The van der Waals surface area contributed by atoms with Gasteiger partial charge in [-0.3, -0.25) is 0 Å². The summed E-state index contributed by atoms with van der Waals surface area (Å²) in [4.78, 5) is 5.51. The Hall–Kier alpha value is -1.33. The first kappa shape index (κ1) is 13.1. The third kappa shape index (κ3) is 3.58. The molecule has 1 aromatic carbocycles. The van der Waals surface area contributed by atoms with Gasteiger partial charge in [0.25, 0.3) is 0 Å². The molecule has 0 saturated carbocycles. The summed E-state index contributed by atoms with van der Waals surface area (Å²) in [6.45, 7) is 2.67. The van der Waals surface area contributed by atoms with Crippen LogP contribution in [0.25, 0.3) is 0 Å². The molecule has 4 nitrogen and oxygen atoms in total. The van der Waals surface area contributed by atoms with E-state index >= 15 is 0 Å². The predicted octanol–water partition coefficient (Wildman–Crippen LogP) is 2.77. The summed E-state index contributed by atoms with van der Waals surface area (Å²) in [6.07, 6.45) is 1.90. The van der Waals surface area contributed by atoms with Crippen molar-refractivity contribution in [3.63, 3.8) is 0 Å². The van der Waals surface area contributed by atoms with Gasteiger partial charge in [-0.25, -0.2) is 0 Å². The topological polar surface area (TPSA) is 64.9 Å². The van der Waals surface area contributed by atoms with Crippen LogP contribution in [-0.2, 0) is 18.7 Å². The highest BCUT2D eigenvalue weighted by Gasteiger charge is 2.06. The summed E-state index contributed by atoms with van der Waals surface area (Å²) in [5, 5.41) is 3.93. The average Bonchev–Trinajstić information content (AvgIpc) is 2.85. The normalized spacial score (nSPS) is 10.8. The van der Waals surface area contributed by atoms with Gasteiger partial charge in [-0.2, -0.15) is 4.98 Å². The second kappa shape index (κ2) is 6.56. The van der Waals surface area contributed by atoms with E-state index in [0.717, 1.165) is 24.2 Å². The third-order valence-electron chi connectivity index (χ3n) is 2.48. The minimum absolute atomic E-state index is 0.565. The van der Waals surface area contributed by atoms with Crippen LogP contribution < -0.4 is 5.73 Å². The summed E-state index contributed by atoms with van der Waals surface area (Å²) in [7, 11) is 0. The average molecular weight is 263 g/mol. The zero-order valence-corrected chi connectivity index (χ0v) is 11.2. The maximum absolute atomic E-state index is 5.61. The molecule has 0 fully saturated rings. The molecule has 0 aliphatic heterocycles. The Bertz CT molecular complexity index is 498. The quantitative estimate of drug-likeness (QED) is 0.812. The number of hydrogen-bond donors (Lipinski definition) is 1. The molecule has 2 rings (SSSR count). The van der Waals surface area contributed by atoms with Gasteiger partial charge >= 0.3 is 0 Å². The fourth-order valence-corrected chi connectivity index (χ4v) is 2.40. The summed E-state index contributed by atoms with van der Waals surface area (Å²) < 4.78 is 5.19. The highest BCUT2D eigenvalue weighted by Crippen LogP contribution is 2.22. The molecule has 0 bridgehead atoms. The first-order valence-electron chi connectivity index (χ1n) is 6.05. The van der Waals surface area contributed by atoms with E-state index in [-0.39, 0.29) is 0 Å². The highest BCUT2D eigenvalue weighted by atomic mass is 32.2. The van der Waals surface area contributed by atoms with Crippen molar-refractivity contribution in [2.45, 2.75) is 37.0 Å². The lowest BCUT2D eigenvalue weighted by molar-refractivity contribution is 0.384. The molecule has 0 amide bonds. The molecule has 1 aromatic heterocycles. The molecule has 1 heterocycles. The van der Waals surface area contributed by atoms with Gasteiger partial charge in [-0.05, 0) is 24.1 Å². The molecule has 0 atom stereocenters. The van der Waals surface area contributed by atoms with Crippen molar-refractivity contribution in [2.75, 3.05) is 0 Å². The van der Waals surface area contributed by atoms with Crippen LogP contribution in [0.4, 0.5) is 0 Å². The standard InChI is InChI=1S/C13H17N3OS/c1-2-4-12-15-13(17-16-12)9-18-11-6-3-5-10(7-11)8-14/h3,5-7H,2,4,8-9,14H2,1H3. The van der Waals surface area contributed by atoms with Crippen molar-refractivity contribution in [1.29, 1.82) is 0 Å². The Kier molecular flexibility index (Phi) is 4.78. The SMILES string of the molecule is CCCc1noc(CSc2cccc(CN)c2)n1. The molecule has 0 unspecified atom stereocenters. The van der Waals surface area contributed by atoms with E-state index < -0.39 is 0 Å². The van der Waals surface area contributed by atoms with E-state index in [4.69, 9.17) is 10.3 Å². The summed E-state index contributed by atoms with van der Waals surface area (Å²) in [5.74, 6) is 2.18.